The first-order valence-electron chi connectivity index (χ1n) is 7.71. The number of aliphatic imine (C=N–C) groups is 1. The van der Waals surface area contributed by atoms with Crippen LogP contribution in [0.2, 0.25) is 0 Å². The summed E-state index contributed by atoms with van der Waals surface area (Å²) in [5, 5.41) is 2.71. The van der Waals surface area contributed by atoms with Gasteiger partial charge in [-0.15, -0.1) is 0 Å². The molecule has 0 saturated heterocycles. The number of nitrogens with zero attached hydrogens (tertiary/aromatic N) is 1. The van der Waals surface area contributed by atoms with Gasteiger partial charge in [-0.05, 0) is 43.5 Å². The second-order valence-electron chi connectivity index (χ2n) is 5.32. The molecule has 7 nitrogen and oxygen atoms in total. The van der Waals surface area contributed by atoms with Crippen molar-refractivity contribution in [3.8, 4) is 0 Å². The zero-order valence-corrected chi connectivity index (χ0v) is 16.6. The molecule has 0 saturated carbocycles. The average Bonchev–Trinajstić information content (AvgIpc) is 2.67. The van der Waals surface area contributed by atoms with E-state index in [-0.39, 0.29) is 20.7 Å². The number of ether oxygens (including phenoxy) is 1. The van der Waals surface area contributed by atoms with E-state index < -0.39 is 15.9 Å². The van der Waals surface area contributed by atoms with Crippen LogP contribution in [0.3, 0.4) is 0 Å². The molecule has 0 radical (unpaired) electrons. The van der Waals surface area contributed by atoms with Gasteiger partial charge in [-0.1, -0.05) is 30.0 Å². The molecule has 0 atom stereocenters. The molecule has 27 heavy (non-hydrogen) atoms. The smallest absolute Gasteiger partial charge is 0.412 e. The fourth-order valence-electron chi connectivity index (χ4n) is 2.11. The summed E-state index contributed by atoms with van der Waals surface area (Å²) < 4.78 is 30.2. The van der Waals surface area contributed by atoms with E-state index in [2.05, 4.69) is 15.0 Å². The molecular weight excluding hydrogens is 388 g/mol. The molecule has 0 heterocycles. The Kier molecular flexibility index (Phi) is 6.75. The Morgan fingerprint density at radius 1 is 1.07 bits per heavy atom. The molecule has 142 valence electrons. The topological polar surface area (TPSA) is 102 Å². The molecule has 0 unspecified atom stereocenters. The van der Waals surface area contributed by atoms with Crippen molar-refractivity contribution >= 4 is 44.3 Å². The number of sulfone groups is 1. The normalized spacial score (nSPS) is 11.7. The van der Waals surface area contributed by atoms with E-state index in [9.17, 15) is 18.0 Å². The number of methoxy groups -OCH3 is 1. The number of amides is 1. The SMILES string of the molecule is COC(=O)NC(=Nc1cccc(S(=O)(=O)c2ccc(C(C)=O)cc2)c1)SC. The fourth-order valence-corrected chi connectivity index (χ4v) is 3.79. The zero-order chi connectivity index (χ0) is 20.0. The molecule has 1 amide bonds. The Morgan fingerprint density at radius 2 is 1.74 bits per heavy atom. The van der Waals surface area contributed by atoms with Crippen LogP contribution in [-0.4, -0.2) is 38.8 Å². The van der Waals surface area contributed by atoms with Crippen molar-refractivity contribution in [3.05, 3.63) is 54.1 Å². The molecule has 0 bridgehead atoms. The predicted molar refractivity (Wildman–Crippen MR) is 104 cm³/mol. The van der Waals surface area contributed by atoms with Crippen molar-refractivity contribution < 1.29 is 22.7 Å². The Labute approximate surface area is 161 Å². The number of benzene rings is 2. The lowest BCUT2D eigenvalue weighted by Crippen LogP contribution is -2.27. The van der Waals surface area contributed by atoms with Crippen LogP contribution in [0.5, 0.6) is 0 Å². The van der Waals surface area contributed by atoms with Crippen LogP contribution < -0.4 is 5.32 Å². The molecular formula is C18H18N2O5S2. The maximum absolute atomic E-state index is 12.8. The van der Waals surface area contributed by atoms with Crippen LogP contribution in [0.4, 0.5) is 10.5 Å². The highest BCUT2D eigenvalue weighted by molar-refractivity contribution is 8.13. The third-order valence-electron chi connectivity index (χ3n) is 3.52. The maximum Gasteiger partial charge on any atom is 0.412 e. The summed E-state index contributed by atoms with van der Waals surface area (Å²) in [4.78, 5) is 27.0. The van der Waals surface area contributed by atoms with E-state index >= 15 is 0 Å². The quantitative estimate of drug-likeness (QED) is 0.474. The largest absolute Gasteiger partial charge is 0.453 e. The van der Waals surface area contributed by atoms with Gasteiger partial charge >= 0.3 is 6.09 Å². The minimum atomic E-state index is -3.77. The van der Waals surface area contributed by atoms with Gasteiger partial charge in [0.25, 0.3) is 0 Å². The highest BCUT2D eigenvalue weighted by atomic mass is 32.2. The number of Topliss-reactive ketones (excluding diaryl/α,β-unsaturated/α-hetero) is 1. The third-order valence-corrected chi connectivity index (χ3v) is 5.86. The Bertz CT molecular complexity index is 983. The number of thioether (sulfide) groups is 1. The first kappa shape index (κ1) is 20.7. The molecule has 0 fully saturated rings. The molecule has 1 N–H and O–H groups in total. The Hall–Kier alpha value is -2.65. The molecule has 0 aliphatic carbocycles. The minimum Gasteiger partial charge on any atom is -0.453 e. The molecule has 9 heteroatoms. The zero-order valence-electron chi connectivity index (χ0n) is 14.9. The van der Waals surface area contributed by atoms with Crippen molar-refractivity contribution in [1.82, 2.24) is 5.32 Å². The summed E-state index contributed by atoms with van der Waals surface area (Å²) >= 11 is 1.18. The van der Waals surface area contributed by atoms with Crippen LogP contribution in [-0.2, 0) is 14.6 Å². The van der Waals surface area contributed by atoms with Gasteiger partial charge in [0, 0.05) is 5.56 Å². The van der Waals surface area contributed by atoms with E-state index in [4.69, 9.17) is 0 Å². The van der Waals surface area contributed by atoms with Gasteiger partial charge in [0.1, 0.15) is 0 Å². The lowest BCUT2D eigenvalue weighted by atomic mass is 10.2. The molecule has 2 aromatic carbocycles. The fraction of sp³-hybridized carbons (Fsp3) is 0.167. The molecule has 2 rings (SSSR count). The van der Waals surface area contributed by atoms with Crippen LogP contribution in [0, 0.1) is 0 Å². The standard InChI is InChI=1S/C18H18N2O5S2/c1-12(21)13-7-9-15(10-8-13)27(23,24)16-6-4-5-14(11-16)19-17(26-3)20-18(22)25-2/h4-11H,1-3H3,(H,19,20,22). The molecule has 0 spiro atoms. The van der Waals surface area contributed by atoms with Crippen LogP contribution >= 0.6 is 11.8 Å². The van der Waals surface area contributed by atoms with Crippen LogP contribution in [0.1, 0.15) is 17.3 Å². The number of ketones is 1. The maximum atomic E-state index is 12.8. The lowest BCUT2D eigenvalue weighted by Gasteiger charge is -2.08. The van der Waals surface area contributed by atoms with Crippen molar-refractivity contribution in [1.29, 1.82) is 0 Å². The predicted octanol–water partition coefficient (Wildman–Crippen LogP) is 3.43. The van der Waals surface area contributed by atoms with Crippen molar-refractivity contribution in [2.24, 2.45) is 4.99 Å². The summed E-state index contributed by atoms with van der Waals surface area (Å²) in [5.41, 5.74) is 0.794. The summed E-state index contributed by atoms with van der Waals surface area (Å²) in [7, 11) is -2.54. The molecule has 0 aromatic heterocycles. The number of hydrogen-bond donors (Lipinski definition) is 1. The Morgan fingerprint density at radius 3 is 2.30 bits per heavy atom. The number of carbonyl (C=O) groups excluding carboxylic acids is 2. The first-order chi connectivity index (χ1) is 12.8. The van der Waals surface area contributed by atoms with Crippen molar-refractivity contribution in [3.63, 3.8) is 0 Å². The van der Waals surface area contributed by atoms with Gasteiger partial charge in [0.05, 0.1) is 22.6 Å². The van der Waals surface area contributed by atoms with Gasteiger partial charge in [0.2, 0.25) is 9.84 Å². The number of amidine groups is 1. The van der Waals surface area contributed by atoms with Crippen molar-refractivity contribution in [2.75, 3.05) is 13.4 Å². The van der Waals surface area contributed by atoms with Gasteiger partial charge in [0.15, 0.2) is 11.0 Å². The third kappa shape index (κ3) is 5.18. The van der Waals surface area contributed by atoms with E-state index in [1.807, 2.05) is 0 Å². The number of nitrogens with one attached hydrogen (secondary N) is 1. The number of carbonyl (C=O) groups is 2. The number of rotatable bonds is 4. The summed E-state index contributed by atoms with van der Waals surface area (Å²) in [6.45, 7) is 1.41. The van der Waals surface area contributed by atoms with Crippen LogP contribution in [0.25, 0.3) is 0 Å². The highest BCUT2D eigenvalue weighted by Gasteiger charge is 2.18. The van der Waals surface area contributed by atoms with E-state index in [1.54, 1.807) is 18.4 Å². The summed E-state index contributed by atoms with van der Waals surface area (Å²) in [6.07, 6.45) is 1.05. The van der Waals surface area contributed by atoms with Crippen molar-refractivity contribution in [2.45, 2.75) is 16.7 Å². The highest BCUT2D eigenvalue weighted by Crippen LogP contribution is 2.25. The number of hydrogen-bond acceptors (Lipinski definition) is 7. The van der Waals surface area contributed by atoms with Gasteiger partial charge in [-0.25, -0.2) is 18.2 Å². The molecule has 0 aliphatic heterocycles. The van der Waals surface area contributed by atoms with Gasteiger partial charge in [-0.2, -0.15) is 0 Å². The summed E-state index contributed by atoms with van der Waals surface area (Å²) in [6, 6.07) is 11.8. The lowest BCUT2D eigenvalue weighted by molar-refractivity contribution is 0.101. The molecule has 2 aromatic rings. The first-order valence-corrected chi connectivity index (χ1v) is 10.4. The van der Waals surface area contributed by atoms with Gasteiger partial charge < -0.3 is 4.74 Å². The molecule has 0 aliphatic rings. The van der Waals surface area contributed by atoms with Gasteiger partial charge in [-0.3, -0.25) is 10.1 Å². The second-order valence-corrected chi connectivity index (χ2v) is 8.06. The van der Waals surface area contributed by atoms with Crippen LogP contribution in [0.15, 0.2) is 63.3 Å². The Balaban J connectivity index is 2.37. The monoisotopic (exact) mass is 406 g/mol. The minimum absolute atomic E-state index is 0.0536. The summed E-state index contributed by atoms with van der Waals surface area (Å²) in [5.74, 6) is -0.141. The van der Waals surface area contributed by atoms with E-state index in [0.717, 1.165) is 0 Å². The van der Waals surface area contributed by atoms with E-state index in [1.165, 1.54) is 62.2 Å². The second kappa shape index (κ2) is 8.83. The van der Waals surface area contributed by atoms with E-state index in [0.29, 0.717) is 11.3 Å². The number of alkyl carbamates (subject to hydrolysis) is 1. The average molecular weight is 406 g/mol.